The molecule has 3 nitrogen and oxygen atoms in total. The zero-order valence-electron chi connectivity index (χ0n) is 11.1. The van der Waals surface area contributed by atoms with Gasteiger partial charge in [-0.2, -0.15) is 0 Å². The van der Waals surface area contributed by atoms with E-state index in [1.165, 1.54) is 51.9 Å². The lowest BCUT2D eigenvalue weighted by molar-refractivity contribution is 0.0280. The summed E-state index contributed by atoms with van der Waals surface area (Å²) in [6.45, 7) is 8.57. The van der Waals surface area contributed by atoms with Crippen LogP contribution in [0.4, 0.5) is 0 Å². The fraction of sp³-hybridized carbons (Fsp3) is 1.00. The quantitative estimate of drug-likeness (QED) is 0.782. The summed E-state index contributed by atoms with van der Waals surface area (Å²) >= 11 is 0. The Morgan fingerprint density at radius 3 is 2.76 bits per heavy atom. The monoisotopic (exact) mass is 237 g/mol. The first-order valence-electron chi connectivity index (χ1n) is 7.46. The fourth-order valence-electron chi connectivity index (χ4n) is 4.30. The van der Waals surface area contributed by atoms with E-state index in [1.807, 2.05) is 0 Å². The van der Waals surface area contributed by atoms with E-state index in [9.17, 15) is 0 Å². The molecule has 0 saturated carbocycles. The minimum Gasteiger partial charge on any atom is -0.329 e. The number of rotatable bonds is 2. The third-order valence-electron chi connectivity index (χ3n) is 5.32. The van der Waals surface area contributed by atoms with E-state index in [4.69, 9.17) is 5.73 Å². The highest BCUT2D eigenvalue weighted by Crippen LogP contribution is 2.34. The van der Waals surface area contributed by atoms with Crippen molar-refractivity contribution in [2.24, 2.45) is 17.6 Å². The van der Waals surface area contributed by atoms with Crippen LogP contribution in [0.25, 0.3) is 0 Å². The lowest BCUT2D eigenvalue weighted by Crippen LogP contribution is -2.55. The van der Waals surface area contributed by atoms with Crippen LogP contribution in [0, 0.1) is 11.8 Å². The molecule has 17 heavy (non-hydrogen) atoms. The Labute approximate surface area is 105 Å². The van der Waals surface area contributed by atoms with Crippen LogP contribution in [0.1, 0.15) is 32.6 Å². The van der Waals surface area contributed by atoms with Crippen molar-refractivity contribution in [3.8, 4) is 0 Å². The molecule has 0 aliphatic carbocycles. The van der Waals surface area contributed by atoms with Gasteiger partial charge in [0.25, 0.3) is 0 Å². The SMILES string of the molecule is CC1CCN(C2CCN3CCC2C3)C(CN)C1. The number of hydrogen-bond acceptors (Lipinski definition) is 3. The normalized spacial score (nSPS) is 47.3. The Kier molecular flexibility index (Phi) is 3.42. The van der Waals surface area contributed by atoms with Crippen LogP contribution < -0.4 is 5.73 Å². The van der Waals surface area contributed by atoms with Crippen molar-refractivity contribution >= 4 is 0 Å². The molecule has 2 bridgehead atoms. The fourth-order valence-corrected chi connectivity index (χ4v) is 4.30. The summed E-state index contributed by atoms with van der Waals surface area (Å²) in [6.07, 6.45) is 5.51. The van der Waals surface area contributed by atoms with Crippen molar-refractivity contribution in [2.75, 3.05) is 32.7 Å². The van der Waals surface area contributed by atoms with E-state index in [0.717, 1.165) is 24.4 Å². The van der Waals surface area contributed by atoms with Gasteiger partial charge in [-0.15, -0.1) is 0 Å². The molecule has 0 amide bonds. The van der Waals surface area contributed by atoms with Gasteiger partial charge in [0.2, 0.25) is 0 Å². The summed E-state index contributed by atoms with van der Waals surface area (Å²) in [7, 11) is 0. The summed E-state index contributed by atoms with van der Waals surface area (Å²) in [6, 6.07) is 1.51. The van der Waals surface area contributed by atoms with Gasteiger partial charge in [0, 0.05) is 25.2 Å². The molecule has 3 fully saturated rings. The third-order valence-corrected chi connectivity index (χ3v) is 5.32. The Morgan fingerprint density at radius 1 is 1.12 bits per heavy atom. The Hall–Kier alpha value is -0.120. The summed E-state index contributed by atoms with van der Waals surface area (Å²) in [5, 5.41) is 0. The van der Waals surface area contributed by atoms with Crippen molar-refractivity contribution in [1.82, 2.24) is 9.80 Å². The topological polar surface area (TPSA) is 32.5 Å². The van der Waals surface area contributed by atoms with Gasteiger partial charge in [-0.3, -0.25) is 4.90 Å². The molecule has 3 heteroatoms. The van der Waals surface area contributed by atoms with E-state index >= 15 is 0 Å². The van der Waals surface area contributed by atoms with E-state index in [0.29, 0.717) is 6.04 Å². The third kappa shape index (κ3) is 2.25. The summed E-state index contributed by atoms with van der Waals surface area (Å²) < 4.78 is 0. The number of likely N-dealkylation sites (tertiary alicyclic amines) is 1. The maximum absolute atomic E-state index is 6.01. The highest BCUT2D eigenvalue weighted by Gasteiger charge is 2.40. The number of nitrogens with two attached hydrogens (primary N) is 1. The van der Waals surface area contributed by atoms with Crippen molar-refractivity contribution in [1.29, 1.82) is 0 Å². The first-order valence-corrected chi connectivity index (χ1v) is 7.46. The van der Waals surface area contributed by atoms with Crippen LogP contribution in [0.3, 0.4) is 0 Å². The molecular formula is C14H27N3. The van der Waals surface area contributed by atoms with Crippen LogP contribution in [0.5, 0.6) is 0 Å². The van der Waals surface area contributed by atoms with Gasteiger partial charge < -0.3 is 10.6 Å². The van der Waals surface area contributed by atoms with Crippen molar-refractivity contribution in [2.45, 2.75) is 44.7 Å². The van der Waals surface area contributed by atoms with E-state index in [-0.39, 0.29) is 0 Å². The van der Waals surface area contributed by atoms with Crippen LogP contribution >= 0.6 is 0 Å². The predicted octanol–water partition coefficient (Wildman–Crippen LogP) is 1.14. The second-order valence-corrected chi connectivity index (χ2v) is 6.46. The molecule has 3 aliphatic heterocycles. The first kappa shape index (κ1) is 11.9. The van der Waals surface area contributed by atoms with Crippen molar-refractivity contribution < 1.29 is 0 Å². The molecule has 0 aromatic heterocycles. The van der Waals surface area contributed by atoms with Crippen LogP contribution in [-0.4, -0.2) is 54.6 Å². The minimum atomic E-state index is 0.663. The Bertz CT molecular complexity index is 268. The molecule has 98 valence electrons. The van der Waals surface area contributed by atoms with Gasteiger partial charge in [0.1, 0.15) is 0 Å². The molecule has 0 spiro atoms. The van der Waals surface area contributed by atoms with Crippen LogP contribution in [0.15, 0.2) is 0 Å². The number of hydrogen-bond donors (Lipinski definition) is 1. The summed E-state index contributed by atoms with van der Waals surface area (Å²) in [4.78, 5) is 5.43. The molecule has 5 atom stereocenters. The molecule has 3 aliphatic rings. The maximum Gasteiger partial charge on any atom is 0.0224 e. The molecule has 5 unspecified atom stereocenters. The molecular weight excluding hydrogens is 210 g/mol. The largest absolute Gasteiger partial charge is 0.329 e. The molecule has 3 saturated heterocycles. The Morgan fingerprint density at radius 2 is 1.94 bits per heavy atom. The molecule has 2 N–H and O–H groups in total. The predicted molar refractivity (Wildman–Crippen MR) is 70.9 cm³/mol. The van der Waals surface area contributed by atoms with Gasteiger partial charge in [-0.05, 0) is 57.2 Å². The van der Waals surface area contributed by atoms with Crippen LogP contribution in [0.2, 0.25) is 0 Å². The van der Waals surface area contributed by atoms with Gasteiger partial charge in [0.15, 0.2) is 0 Å². The van der Waals surface area contributed by atoms with Crippen LogP contribution in [-0.2, 0) is 0 Å². The molecule has 0 radical (unpaired) electrons. The van der Waals surface area contributed by atoms with E-state index in [1.54, 1.807) is 0 Å². The second kappa shape index (κ2) is 4.87. The average Bonchev–Trinajstić information content (AvgIpc) is 2.72. The second-order valence-electron chi connectivity index (χ2n) is 6.46. The number of fused-ring (bicyclic) bond motifs is 2. The zero-order valence-corrected chi connectivity index (χ0v) is 11.1. The molecule has 0 aromatic carbocycles. The van der Waals surface area contributed by atoms with Gasteiger partial charge in [-0.1, -0.05) is 6.92 Å². The van der Waals surface area contributed by atoms with Crippen molar-refractivity contribution in [3.63, 3.8) is 0 Å². The lowest BCUT2D eigenvalue weighted by atomic mass is 9.86. The average molecular weight is 237 g/mol. The van der Waals surface area contributed by atoms with Gasteiger partial charge >= 0.3 is 0 Å². The van der Waals surface area contributed by atoms with Crippen molar-refractivity contribution in [3.05, 3.63) is 0 Å². The van der Waals surface area contributed by atoms with Gasteiger partial charge in [-0.25, -0.2) is 0 Å². The summed E-state index contributed by atoms with van der Waals surface area (Å²) in [5.41, 5.74) is 6.01. The van der Waals surface area contributed by atoms with E-state index in [2.05, 4.69) is 16.7 Å². The Balaban J connectivity index is 1.69. The standard InChI is InChI=1S/C14H27N3/c1-11-2-7-17(13(8-11)9-15)14-4-6-16-5-3-12(14)10-16/h11-14H,2-10,15H2,1H3. The molecule has 3 heterocycles. The highest BCUT2D eigenvalue weighted by atomic mass is 15.3. The molecule has 3 rings (SSSR count). The lowest BCUT2D eigenvalue weighted by Gasteiger charge is -2.46. The highest BCUT2D eigenvalue weighted by molar-refractivity contribution is 4.95. The first-order chi connectivity index (χ1) is 8.28. The molecule has 0 aromatic rings. The zero-order chi connectivity index (χ0) is 11.8. The maximum atomic E-state index is 6.01. The minimum absolute atomic E-state index is 0.663. The van der Waals surface area contributed by atoms with Gasteiger partial charge in [0.05, 0.1) is 0 Å². The summed E-state index contributed by atoms with van der Waals surface area (Å²) in [5.74, 6) is 1.81. The smallest absolute Gasteiger partial charge is 0.0224 e. The van der Waals surface area contributed by atoms with E-state index < -0.39 is 0 Å². The number of nitrogens with zero attached hydrogens (tertiary/aromatic N) is 2. The number of piperidine rings is 2.